The maximum Gasteiger partial charge on any atom is 0.261 e. The highest BCUT2D eigenvalue weighted by Gasteiger charge is 2.22. The fourth-order valence-electron chi connectivity index (χ4n) is 2.89. The molecule has 0 aliphatic carbocycles. The highest BCUT2D eigenvalue weighted by Crippen LogP contribution is 2.32. The molecule has 0 saturated heterocycles. The number of ether oxygens (including phenoxy) is 1. The average Bonchev–Trinajstić information content (AvgIpc) is 2.68. The van der Waals surface area contributed by atoms with E-state index in [-0.39, 0.29) is 23.2 Å². The largest absolute Gasteiger partial charge is 0.438 e. The number of rotatable bonds is 5. The summed E-state index contributed by atoms with van der Waals surface area (Å²) < 4.78 is 19.0. The molecule has 0 radical (unpaired) electrons. The molecule has 0 bridgehead atoms. The molecule has 1 aromatic heterocycles. The molecule has 0 aliphatic rings. The number of pyridine rings is 1. The highest BCUT2D eigenvalue weighted by molar-refractivity contribution is 6.32. The second-order valence-corrected chi connectivity index (χ2v) is 6.72. The second-order valence-electron chi connectivity index (χ2n) is 6.34. The van der Waals surface area contributed by atoms with E-state index in [0.717, 1.165) is 17.7 Å². The quantitative estimate of drug-likeness (QED) is 0.565. The lowest BCUT2D eigenvalue weighted by Crippen LogP contribution is -2.17. The lowest BCUT2D eigenvalue weighted by atomic mass is 10.1. The van der Waals surface area contributed by atoms with Gasteiger partial charge < -0.3 is 10.1 Å². The summed E-state index contributed by atoms with van der Waals surface area (Å²) in [6, 6.07) is 13.1. The van der Waals surface area contributed by atoms with Crippen LogP contribution in [0, 0.1) is 19.7 Å². The SMILES string of the molecule is CCc1ccccc1NC(=O)c1c(Oc2ccc(F)cc2)nc(C)c(Cl)c1C. The molecular weight excluding hydrogens is 379 g/mol. The van der Waals surface area contributed by atoms with Gasteiger partial charge in [0.1, 0.15) is 17.1 Å². The predicted molar refractivity (Wildman–Crippen MR) is 109 cm³/mol. The number of carbonyl (C=O) groups is 1. The van der Waals surface area contributed by atoms with Crippen molar-refractivity contribution in [3.05, 3.63) is 81.8 Å². The number of nitrogens with zero attached hydrogens (tertiary/aromatic N) is 1. The maximum absolute atomic E-state index is 13.2. The molecule has 3 aromatic rings. The summed E-state index contributed by atoms with van der Waals surface area (Å²) in [4.78, 5) is 17.4. The third kappa shape index (κ3) is 4.15. The Labute approximate surface area is 168 Å². The van der Waals surface area contributed by atoms with Crippen molar-refractivity contribution in [2.24, 2.45) is 0 Å². The summed E-state index contributed by atoms with van der Waals surface area (Å²) in [6.45, 7) is 5.50. The fraction of sp³-hybridized carbons (Fsp3) is 0.182. The van der Waals surface area contributed by atoms with Gasteiger partial charge in [-0.3, -0.25) is 4.79 Å². The van der Waals surface area contributed by atoms with Gasteiger partial charge in [-0.2, -0.15) is 0 Å². The standard InChI is InChI=1S/C22H20ClFN2O2/c1-4-15-7-5-6-8-18(15)26-21(27)19-13(2)20(23)14(3)25-22(19)28-17-11-9-16(24)10-12-17/h5-12H,4H2,1-3H3,(H,26,27). The first-order valence-corrected chi connectivity index (χ1v) is 9.27. The number of hydrogen-bond donors (Lipinski definition) is 1. The number of carbonyl (C=O) groups excluding carboxylic acids is 1. The Bertz CT molecular complexity index is 1020. The van der Waals surface area contributed by atoms with Gasteiger partial charge in [0, 0.05) is 5.69 Å². The molecule has 28 heavy (non-hydrogen) atoms. The van der Waals surface area contributed by atoms with E-state index < -0.39 is 0 Å². The number of aromatic nitrogens is 1. The molecule has 0 atom stereocenters. The molecule has 6 heteroatoms. The summed E-state index contributed by atoms with van der Waals surface area (Å²) in [5.74, 6) is -0.252. The van der Waals surface area contributed by atoms with E-state index in [0.29, 0.717) is 22.0 Å². The lowest BCUT2D eigenvalue weighted by molar-refractivity contribution is 0.102. The monoisotopic (exact) mass is 398 g/mol. The molecule has 3 rings (SSSR count). The van der Waals surface area contributed by atoms with Gasteiger partial charge in [-0.05, 0) is 61.7 Å². The zero-order valence-corrected chi connectivity index (χ0v) is 16.6. The van der Waals surface area contributed by atoms with Crippen LogP contribution in [0.1, 0.15) is 34.1 Å². The third-order valence-corrected chi connectivity index (χ3v) is 4.96. The molecule has 0 aliphatic heterocycles. The Morgan fingerprint density at radius 2 is 1.82 bits per heavy atom. The minimum Gasteiger partial charge on any atom is -0.438 e. The topological polar surface area (TPSA) is 51.2 Å². The van der Waals surface area contributed by atoms with Crippen LogP contribution >= 0.6 is 11.6 Å². The van der Waals surface area contributed by atoms with E-state index in [4.69, 9.17) is 16.3 Å². The van der Waals surface area contributed by atoms with E-state index in [1.165, 1.54) is 24.3 Å². The molecular formula is C22H20ClFN2O2. The molecule has 4 nitrogen and oxygen atoms in total. The molecule has 0 fully saturated rings. The Morgan fingerprint density at radius 1 is 1.14 bits per heavy atom. The van der Waals surface area contributed by atoms with Gasteiger partial charge in [0.15, 0.2) is 0 Å². The smallest absolute Gasteiger partial charge is 0.261 e. The van der Waals surface area contributed by atoms with Crippen LogP contribution in [0.4, 0.5) is 10.1 Å². The number of amides is 1. The van der Waals surface area contributed by atoms with Crippen molar-refractivity contribution in [3.63, 3.8) is 0 Å². The minimum absolute atomic E-state index is 0.123. The van der Waals surface area contributed by atoms with Crippen molar-refractivity contribution in [2.45, 2.75) is 27.2 Å². The number of aryl methyl sites for hydroxylation is 2. The zero-order chi connectivity index (χ0) is 20.3. The molecule has 144 valence electrons. The average molecular weight is 399 g/mol. The summed E-state index contributed by atoms with van der Waals surface area (Å²) in [7, 11) is 0. The van der Waals surface area contributed by atoms with Gasteiger partial charge in [-0.25, -0.2) is 9.37 Å². The number of nitrogens with one attached hydrogen (secondary N) is 1. The summed E-state index contributed by atoms with van der Waals surface area (Å²) in [5.41, 5.74) is 3.09. The first-order valence-electron chi connectivity index (χ1n) is 8.90. The number of anilines is 1. The van der Waals surface area contributed by atoms with Crippen LogP contribution in [0.5, 0.6) is 11.6 Å². The van der Waals surface area contributed by atoms with Gasteiger partial charge in [-0.1, -0.05) is 36.7 Å². The van der Waals surface area contributed by atoms with E-state index in [1.807, 2.05) is 31.2 Å². The van der Waals surface area contributed by atoms with Crippen LogP contribution < -0.4 is 10.1 Å². The number of halogens is 2. The molecule has 1 amide bonds. The van der Waals surface area contributed by atoms with E-state index in [1.54, 1.807) is 13.8 Å². The first kappa shape index (κ1) is 19.8. The number of benzene rings is 2. The summed E-state index contributed by atoms with van der Waals surface area (Å²) >= 11 is 6.34. The fourth-order valence-corrected chi connectivity index (χ4v) is 3.03. The molecule has 1 N–H and O–H groups in total. The Morgan fingerprint density at radius 3 is 2.50 bits per heavy atom. The molecule has 2 aromatic carbocycles. The Kier molecular flexibility index (Phi) is 5.95. The van der Waals surface area contributed by atoms with Crippen LogP contribution in [-0.2, 0) is 6.42 Å². The molecule has 0 spiro atoms. The van der Waals surface area contributed by atoms with Gasteiger partial charge in [0.25, 0.3) is 5.91 Å². The highest BCUT2D eigenvalue weighted by atomic mass is 35.5. The number of para-hydroxylation sites is 1. The summed E-state index contributed by atoms with van der Waals surface area (Å²) in [6.07, 6.45) is 0.779. The first-order chi connectivity index (χ1) is 13.4. The van der Waals surface area contributed by atoms with Crippen molar-refractivity contribution in [1.29, 1.82) is 0 Å². The van der Waals surface area contributed by atoms with Gasteiger partial charge in [-0.15, -0.1) is 0 Å². The number of hydrogen-bond acceptors (Lipinski definition) is 3. The minimum atomic E-state index is -0.377. The van der Waals surface area contributed by atoms with Crippen LogP contribution in [0.25, 0.3) is 0 Å². The zero-order valence-electron chi connectivity index (χ0n) is 15.8. The van der Waals surface area contributed by atoms with E-state index in [2.05, 4.69) is 10.3 Å². The molecule has 1 heterocycles. The van der Waals surface area contributed by atoms with Crippen molar-refractivity contribution >= 4 is 23.2 Å². The van der Waals surface area contributed by atoms with Crippen LogP contribution in [0.15, 0.2) is 48.5 Å². The molecule has 0 saturated carbocycles. The van der Waals surface area contributed by atoms with E-state index in [9.17, 15) is 9.18 Å². The van der Waals surface area contributed by atoms with Crippen LogP contribution in [0.2, 0.25) is 5.02 Å². The lowest BCUT2D eigenvalue weighted by Gasteiger charge is -2.16. The Balaban J connectivity index is 2.01. The normalized spacial score (nSPS) is 10.6. The van der Waals surface area contributed by atoms with Gasteiger partial charge in [0.2, 0.25) is 5.88 Å². The van der Waals surface area contributed by atoms with Crippen molar-refractivity contribution in [2.75, 3.05) is 5.32 Å². The maximum atomic E-state index is 13.2. The van der Waals surface area contributed by atoms with Crippen LogP contribution in [0.3, 0.4) is 0 Å². The van der Waals surface area contributed by atoms with E-state index >= 15 is 0 Å². The van der Waals surface area contributed by atoms with Crippen LogP contribution in [-0.4, -0.2) is 10.9 Å². The van der Waals surface area contributed by atoms with Gasteiger partial charge in [0.05, 0.1) is 10.7 Å². The third-order valence-electron chi connectivity index (χ3n) is 4.41. The summed E-state index contributed by atoms with van der Waals surface area (Å²) in [5, 5.41) is 3.33. The second kappa shape index (κ2) is 8.40. The van der Waals surface area contributed by atoms with Crippen molar-refractivity contribution in [1.82, 2.24) is 4.98 Å². The molecule has 0 unspecified atom stereocenters. The Hall–Kier alpha value is -2.92. The van der Waals surface area contributed by atoms with Gasteiger partial charge >= 0.3 is 0 Å². The van der Waals surface area contributed by atoms with Crippen molar-refractivity contribution in [3.8, 4) is 11.6 Å². The predicted octanol–water partition coefficient (Wildman–Crippen LogP) is 6.10. The van der Waals surface area contributed by atoms with Crippen molar-refractivity contribution < 1.29 is 13.9 Å².